The van der Waals surface area contributed by atoms with Crippen molar-refractivity contribution in [3.8, 4) is 0 Å². The standard InChI is InChI=1S/C14H25N3S/c1-4-12(5-2)9-16-14(15-6-3)17-10-13-7-8-18-11-13/h7-8,11-12H,4-6,9-10H2,1-3H3,(H2,15,16,17). The Morgan fingerprint density at radius 3 is 2.61 bits per heavy atom. The molecule has 1 aromatic rings. The molecule has 1 rings (SSSR count). The Morgan fingerprint density at radius 1 is 1.28 bits per heavy atom. The van der Waals surface area contributed by atoms with Crippen molar-refractivity contribution < 1.29 is 0 Å². The third-order valence-corrected chi connectivity index (χ3v) is 3.79. The molecule has 0 fully saturated rings. The van der Waals surface area contributed by atoms with Gasteiger partial charge in [0.25, 0.3) is 0 Å². The van der Waals surface area contributed by atoms with E-state index in [2.05, 4.69) is 53.2 Å². The second-order valence-electron chi connectivity index (χ2n) is 4.39. The van der Waals surface area contributed by atoms with Gasteiger partial charge < -0.3 is 10.6 Å². The Morgan fingerprint density at radius 2 is 2.06 bits per heavy atom. The highest BCUT2D eigenvalue weighted by Gasteiger charge is 2.04. The molecule has 1 heterocycles. The summed E-state index contributed by atoms with van der Waals surface area (Å²) in [5, 5.41) is 11.0. The molecule has 2 N–H and O–H groups in total. The van der Waals surface area contributed by atoms with Crippen molar-refractivity contribution in [2.45, 2.75) is 40.2 Å². The molecule has 0 aliphatic heterocycles. The highest BCUT2D eigenvalue weighted by molar-refractivity contribution is 7.07. The molecule has 4 heteroatoms. The second kappa shape index (κ2) is 8.97. The van der Waals surface area contributed by atoms with Crippen LogP contribution >= 0.6 is 11.3 Å². The van der Waals surface area contributed by atoms with Crippen LogP contribution in [-0.4, -0.2) is 19.0 Å². The molecule has 0 spiro atoms. The first-order valence-electron chi connectivity index (χ1n) is 6.83. The van der Waals surface area contributed by atoms with E-state index in [-0.39, 0.29) is 0 Å². The zero-order valence-corrected chi connectivity index (χ0v) is 12.5. The molecule has 0 aliphatic rings. The lowest BCUT2D eigenvalue weighted by molar-refractivity contribution is 0.481. The van der Waals surface area contributed by atoms with Crippen LogP contribution in [0.25, 0.3) is 0 Å². The van der Waals surface area contributed by atoms with E-state index in [1.54, 1.807) is 11.3 Å². The first kappa shape index (κ1) is 15.0. The van der Waals surface area contributed by atoms with E-state index in [1.807, 2.05) is 0 Å². The number of aliphatic imine (C=N–C) groups is 1. The van der Waals surface area contributed by atoms with E-state index < -0.39 is 0 Å². The lowest BCUT2D eigenvalue weighted by atomic mass is 10.0. The Kier molecular flexibility index (Phi) is 7.49. The number of guanidine groups is 1. The maximum absolute atomic E-state index is 4.60. The normalized spacial score (nSPS) is 11.9. The highest BCUT2D eigenvalue weighted by atomic mass is 32.1. The average molecular weight is 267 g/mol. The van der Waals surface area contributed by atoms with E-state index in [9.17, 15) is 0 Å². The molecule has 0 aliphatic carbocycles. The molecule has 0 unspecified atom stereocenters. The molecule has 0 saturated heterocycles. The van der Waals surface area contributed by atoms with Gasteiger partial charge in [0, 0.05) is 13.1 Å². The predicted molar refractivity (Wildman–Crippen MR) is 81.2 cm³/mol. The molecule has 0 aromatic carbocycles. The van der Waals surface area contributed by atoms with Gasteiger partial charge >= 0.3 is 0 Å². The van der Waals surface area contributed by atoms with Crippen LogP contribution in [0.5, 0.6) is 0 Å². The van der Waals surface area contributed by atoms with Crippen LogP contribution in [0.4, 0.5) is 0 Å². The molecule has 3 nitrogen and oxygen atoms in total. The molecule has 0 bridgehead atoms. The first-order valence-corrected chi connectivity index (χ1v) is 7.77. The maximum Gasteiger partial charge on any atom is 0.191 e. The molecule has 18 heavy (non-hydrogen) atoms. The van der Waals surface area contributed by atoms with Gasteiger partial charge in [0.2, 0.25) is 0 Å². The van der Waals surface area contributed by atoms with Crippen molar-refractivity contribution in [1.82, 2.24) is 10.6 Å². The molecule has 0 saturated carbocycles. The van der Waals surface area contributed by atoms with Crippen LogP contribution in [0.1, 0.15) is 39.2 Å². The minimum Gasteiger partial charge on any atom is -0.357 e. The Labute approximate surface area is 115 Å². The molecule has 0 radical (unpaired) electrons. The third kappa shape index (κ3) is 5.54. The van der Waals surface area contributed by atoms with Gasteiger partial charge in [-0.15, -0.1) is 0 Å². The van der Waals surface area contributed by atoms with Crippen molar-refractivity contribution in [3.05, 3.63) is 22.4 Å². The number of nitrogens with one attached hydrogen (secondary N) is 2. The lowest BCUT2D eigenvalue weighted by Crippen LogP contribution is -2.39. The van der Waals surface area contributed by atoms with E-state index in [0.29, 0.717) is 0 Å². The summed E-state index contributed by atoms with van der Waals surface area (Å²) in [6, 6.07) is 2.12. The Bertz CT molecular complexity index is 329. The monoisotopic (exact) mass is 267 g/mol. The molecule has 102 valence electrons. The summed E-state index contributed by atoms with van der Waals surface area (Å²) in [5.74, 6) is 1.66. The van der Waals surface area contributed by atoms with Gasteiger partial charge in [0.1, 0.15) is 0 Å². The minimum atomic E-state index is 0.731. The van der Waals surface area contributed by atoms with Gasteiger partial charge in [-0.05, 0) is 35.2 Å². The van der Waals surface area contributed by atoms with Crippen LogP contribution < -0.4 is 10.6 Å². The fourth-order valence-electron chi connectivity index (χ4n) is 1.71. The van der Waals surface area contributed by atoms with Crippen molar-refractivity contribution in [3.63, 3.8) is 0 Å². The van der Waals surface area contributed by atoms with Crippen molar-refractivity contribution in [1.29, 1.82) is 0 Å². The summed E-state index contributed by atoms with van der Waals surface area (Å²) in [5.41, 5.74) is 1.28. The maximum atomic E-state index is 4.60. The van der Waals surface area contributed by atoms with Gasteiger partial charge in [0.15, 0.2) is 5.96 Å². The van der Waals surface area contributed by atoms with Gasteiger partial charge in [-0.3, -0.25) is 0 Å². The van der Waals surface area contributed by atoms with Gasteiger partial charge in [-0.25, -0.2) is 4.99 Å². The van der Waals surface area contributed by atoms with Crippen LogP contribution in [0.15, 0.2) is 21.8 Å². The SMILES string of the molecule is CCNC(=NCc1ccsc1)NCC(CC)CC. The van der Waals surface area contributed by atoms with Crippen LogP contribution in [0.3, 0.4) is 0 Å². The summed E-state index contributed by atoms with van der Waals surface area (Å²) in [6.45, 7) is 9.23. The largest absolute Gasteiger partial charge is 0.357 e. The number of nitrogens with zero attached hydrogens (tertiary/aromatic N) is 1. The van der Waals surface area contributed by atoms with Gasteiger partial charge in [-0.2, -0.15) is 11.3 Å². The number of rotatable bonds is 7. The van der Waals surface area contributed by atoms with Crippen molar-refractivity contribution >= 4 is 17.3 Å². The average Bonchev–Trinajstić information content (AvgIpc) is 2.90. The first-order chi connectivity index (χ1) is 8.80. The van der Waals surface area contributed by atoms with E-state index in [1.165, 1.54) is 18.4 Å². The minimum absolute atomic E-state index is 0.731. The zero-order chi connectivity index (χ0) is 13.2. The third-order valence-electron chi connectivity index (χ3n) is 3.06. The zero-order valence-electron chi connectivity index (χ0n) is 11.7. The lowest BCUT2D eigenvalue weighted by Gasteiger charge is -2.16. The summed E-state index contributed by atoms with van der Waals surface area (Å²) in [4.78, 5) is 4.60. The molecule has 0 amide bonds. The quantitative estimate of drug-likeness (QED) is 0.588. The highest BCUT2D eigenvalue weighted by Crippen LogP contribution is 2.07. The molecular formula is C14H25N3S. The number of hydrogen-bond donors (Lipinski definition) is 2. The van der Waals surface area contributed by atoms with Crippen molar-refractivity contribution in [2.24, 2.45) is 10.9 Å². The van der Waals surface area contributed by atoms with Crippen LogP contribution in [-0.2, 0) is 6.54 Å². The van der Waals surface area contributed by atoms with Gasteiger partial charge in [0.05, 0.1) is 6.54 Å². The second-order valence-corrected chi connectivity index (χ2v) is 5.17. The topological polar surface area (TPSA) is 36.4 Å². The summed E-state index contributed by atoms with van der Waals surface area (Å²) < 4.78 is 0. The molecule has 1 aromatic heterocycles. The van der Waals surface area contributed by atoms with Crippen molar-refractivity contribution in [2.75, 3.05) is 13.1 Å². The number of hydrogen-bond acceptors (Lipinski definition) is 2. The van der Waals surface area contributed by atoms with Gasteiger partial charge in [-0.1, -0.05) is 26.7 Å². The fourth-order valence-corrected chi connectivity index (χ4v) is 2.37. The summed E-state index contributed by atoms with van der Waals surface area (Å²) >= 11 is 1.72. The van der Waals surface area contributed by atoms with Crippen LogP contribution in [0.2, 0.25) is 0 Å². The summed E-state index contributed by atoms with van der Waals surface area (Å²) in [6.07, 6.45) is 2.43. The Hall–Kier alpha value is -1.03. The summed E-state index contributed by atoms with van der Waals surface area (Å²) in [7, 11) is 0. The van der Waals surface area contributed by atoms with E-state index in [4.69, 9.17) is 0 Å². The number of thiophene rings is 1. The fraction of sp³-hybridized carbons (Fsp3) is 0.643. The van der Waals surface area contributed by atoms with Crippen LogP contribution in [0, 0.1) is 5.92 Å². The smallest absolute Gasteiger partial charge is 0.191 e. The van der Waals surface area contributed by atoms with E-state index in [0.717, 1.165) is 31.5 Å². The molecule has 0 atom stereocenters. The Balaban J connectivity index is 2.45. The molecular weight excluding hydrogens is 242 g/mol. The van der Waals surface area contributed by atoms with E-state index >= 15 is 0 Å². The predicted octanol–water partition coefficient (Wildman–Crippen LogP) is 3.24.